The lowest BCUT2D eigenvalue weighted by Crippen LogP contribution is -2.37. The van der Waals surface area contributed by atoms with Gasteiger partial charge in [0, 0.05) is 23.0 Å². The van der Waals surface area contributed by atoms with E-state index in [1.165, 1.54) is 11.5 Å². The Hall–Kier alpha value is -3.55. The maximum Gasteiger partial charge on any atom is 0.200 e. The summed E-state index contributed by atoms with van der Waals surface area (Å²) in [6, 6.07) is 26.9. The van der Waals surface area contributed by atoms with Gasteiger partial charge in [-0.3, -0.25) is 0 Å². The standard InChI is InChI=1S/C25H16N4OS2/c1-3-11-19-15(7-1)22(18-10-6-14-26-18)25(30-19,16-8-5-13-21-23(16)28-29-32-21)24-27-17-9-2-4-12-20(17)31-24/h1-14,22,26H. The minimum Gasteiger partial charge on any atom is -0.474 e. The summed E-state index contributed by atoms with van der Waals surface area (Å²) in [4.78, 5) is 8.57. The van der Waals surface area contributed by atoms with E-state index in [0.29, 0.717) is 0 Å². The van der Waals surface area contributed by atoms with Crippen LogP contribution in [0.25, 0.3) is 20.4 Å². The van der Waals surface area contributed by atoms with E-state index in [2.05, 4.69) is 69.2 Å². The minimum atomic E-state index is -0.868. The first-order valence-electron chi connectivity index (χ1n) is 10.3. The molecule has 4 heterocycles. The van der Waals surface area contributed by atoms with Gasteiger partial charge in [0.25, 0.3) is 0 Å². The van der Waals surface area contributed by atoms with Crippen LogP contribution in [0.1, 0.15) is 27.7 Å². The average Bonchev–Trinajstić information content (AvgIpc) is 3.62. The van der Waals surface area contributed by atoms with Gasteiger partial charge in [0.05, 0.1) is 20.8 Å². The van der Waals surface area contributed by atoms with Gasteiger partial charge in [0.15, 0.2) is 5.60 Å². The Kier molecular flexibility index (Phi) is 3.79. The molecule has 0 radical (unpaired) electrons. The maximum atomic E-state index is 6.97. The van der Waals surface area contributed by atoms with E-state index >= 15 is 0 Å². The van der Waals surface area contributed by atoms with E-state index in [9.17, 15) is 0 Å². The maximum absolute atomic E-state index is 6.97. The smallest absolute Gasteiger partial charge is 0.200 e. The molecule has 3 aromatic heterocycles. The molecule has 3 aromatic carbocycles. The van der Waals surface area contributed by atoms with Gasteiger partial charge >= 0.3 is 0 Å². The number of para-hydroxylation sites is 2. The number of rotatable bonds is 3. The Morgan fingerprint density at radius 3 is 2.66 bits per heavy atom. The van der Waals surface area contributed by atoms with Crippen LogP contribution in [-0.4, -0.2) is 19.6 Å². The lowest BCUT2D eigenvalue weighted by atomic mass is 9.77. The Bertz CT molecular complexity index is 1550. The molecule has 7 heteroatoms. The molecule has 154 valence electrons. The van der Waals surface area contributed by atoms with Crippen molar-refractivity contribution in [2.24, 2.45) is 0 Å². The molecule has 32 heavy (non-hydrogen) atoms. The molecule has 6 aromatic rings. The van der Waals surface area contributed by atoms with Crippen LogP contribution in [0.15, 0.2) is 85.1 Å². The van der Waals surface area contributed by atoms with Crippen molar-refractivity contribution in [3.63, 3.8) is 0 Å². The quantitative estimate of drug-likeness (QED) is 0.353. The largest absolute Gasteiger partial charge is 0.474 e. The first-order chi connectivity index (χ1) is 15.8. The normalized spacial score (nSPS) is 19.9. The minimum absolute atomic E-state index is 0.110. The van der Waals surface area contributed by atoms with E-state index in [4.69, 9.17) is 9.72 Å². The van der Waals surface area contributed by atoms with Crippen LogP contribution in [0.2, 0.25) is 0 Å². The number of benzene rings is 3. The van der Waals surface area contributed by atoms with Gasteiger partial charge in [-0.2, -0.15) is 0 Å². The molecule has 0 amide bonds. The van der Waals surface area contributed by atoms with Crippen molar-refractivity contribution in [2.45, 2.75) is 11.5 Å². The molecular weight excluding hydrogens is 436 g/mol. The number of aromatic amines is 1. The number of hydrogen-bond acceptors (Lipinski definition) is 6. The molecule has 5 nitrogen and oxygen atoms in total. The van der Waals surface area contributed by atoms with Crippen LogP contribution in [0.5, 0.6) is 5.75 Å². The van der Waals surface area contributed by atoms with Crippen molar-refractivity contribution in [2.75, 3.05) is 0 Å². The Morgan fingerprint density at radius 1 is 0.875 bits per heavy atom. The summed E-state index contributed by atoms with van der Waals surface area (Å²) in [7, 11) is 0. The molecular formula is C25H16N4OS2. The predicted molar refractivity (Wildman–Crippen MR) is 128 cm³/mol. The summed E-state index contributed by atoms with van der Waals surface area (Å²) in [5.41, 5.74) is 4.16. The summed E-state index contributed by atoms with van der Waals surface area (Å²) in [6.45, 7) is 0. The summed E-state index contributed by atoms with van der Waals surface area (Å²) in [6.07, 6.45) is 1.96. The Labute approximate surface area is 191 Å². The summed E-state index contributed by atoms with van der Waals surface area (Å²) in [5, 5.41) is 5.43. The number of H-pyrrole nitrogens is 1. The first kappa shape index (κ1) is 18.1. The van der Waals surface area contributed by atoms with Crippen LogP contribution in [0.4, 0.5) is 0 Å². The zero-order valence-corrected chi connectivity index (χ0v) is 18.4. The van der Waals surface area contributed by atoms with E-state index in [-0.39, 0.29) is 5.92 Å². The van der Waals surface area contributed by atoms with Crippen molar-refractivity contribution in [3.8, 4) is 5.75 Å². The molecule has 0 fully saturated rings. The Morgan fingerprint density at radius 2 is 1.75 bits per heavy atom. The summed E-state index contributed by atoms with van der Waals surface area (Å²) in [5.74, 6) is 0.758. The molecule has 1 aliphatic rings. The third kappa shape index (κ3) is 2.40. The molecule has 0 aliphatic carbocycles. The van der Waals surface area contributed by atoms with Crippen molar-refractivity contribution >= 4 is 43.3 Å². The van der Waals surface area contributed by atoms with Gasteiger partial charge in [0.2, 0.25) is 0 Å². The van der Waals surface area contributed by atoms with Crippen LogP contribution in [0, 0.1) is 0 Å². The molecule has 1 aliphatic heterocycles. The fraction of sp³-hybridized carbons (Fsp3) is 0.0800. The highest BCUT2D eigenvalue weighted by molar-refractivity contribution is 7.18. The SMILES string of the molecule is c1c[nH]c(C2c3ccccc3OC2(c2nc3ccccc3s2)c2cccc3snnc23)c1. The topological polar surface area (TPSA) is 63.7 Å². The number of nitrogens with one attached hydrogen (secondary N) is 1. The van der Waals surface area contributed by atoms with Crippen molar-refractivity contribution < 1.29 is 4.74 Å². The number of fused-ring (bicyclic) bond motifs is 3. The fourth-order valence-corrected chi connectivity index (χ4v) is 6.53. The lowest BCUT2D eigenvalue weighted by Gasteiger charge is -2.33. The van der Waals surface area contributed by atoms with E-state index in [1.807, 2.05) is 30.5 Å². The molecule has 2 atom stereocenters. The number of hydrogen-bond donors (Lipinski definition) is 1. The van der Waals surface area contributed by atoms with Crippen LogP contribution < -0.4 is 4.74 Å². The van der Waals surface area contributed by atoms with Gasteiger partial charge in [-0.05, 0) is 47.9 Å². The number of nitrogens with zero attached hydrogens (tertiary/aromatic N) is 3. The molecule has 0 bridgehead atoms. The van der Waals surface area contributed by atoms with Gasteiger partial charge in [0.1, 0.15) is 16.3 Å². The lowest BCUT2D eigenvalue weighted by molar-refractivity contribution is 0.123. The average molecular weight is 453 g/mol. The second-order valence-electron chi connectivity index (χ2n) is 7.85. The van der Waals surface area contributed by atoms with Gasteiger partial charge in [-0.25, -0.2) is 4.98 Å². The third-order valence-corrected chi connectivity index (χ3v) is 7.97. The molecule has 0 saturated heterocycles. The number of thiazole rings is 1. The van der Waals surface area contributed by atoms with Crippen LogP contribution >= 0.6 is 22.9 Å². The van der Waals surface area contributed by atoms with Crippen molar-refractivity contribution in [1.29, 1.82) is 0 Å². The van der Waals surface area contributed by atoms with Gasteiger partial charge in [-0.1, -0.05) is 47.0 Å². The predicted octanol–water partition coefficient (Wildman–Crippen LogP) is 6.10. The number of ether oxygens (including phenoxy) is 1. The van der Waals surface area contributed by atoms with E-state index in [0.717, 1.165) is 48.0 Å². The third-order valence-electron chi connectivity index (χ3n) is 6.13. The van der Waals surface area contributed by atoms with Crippen molar-refractivity contribution in [3.05, 3.63) is 107 Å². The van der Waals surface area contributed by atoms with Gasteiger partial charge < -0.3 is 9.72 Å². The second-order valence-corrected chi connectivity index (χ2v) is 9.66. The van der Waals surface area contributed by atoms with Crippen LogP contribution in [0.3, 0.4) is 0 Å². The summed E-state index contributed by atoms with van der Waals surface area (Å²) < 4.78 is 13.4. The molecule has 2 unspecified atom stereocenters. The molecule has 0 spiro atoms. The first-order valence-corrected chi connectivity index (χ1v) is 11.9. The monoisotopic (exact) mass is 452 g/mol. The summed E-state index contributed by atoms with van der Waals surface area (Å²) >= 11 is 3.08. The Balaban J connectivity index is 1.62. The molecule has 7 rings (SSSR count). The second kappa shape index (κ2) is 6.72. The highest BCUT2D eigenvalue weighted by Gasteiger charge is 2.55. The molecule has 0 saturated carbocycles. The number of aromatic nitrogens is 4. The van der Waals surface area contributed by atoms with Gasteiger partial charge in [-0.15, -0.1) is 16.4 Å². The van der Waals surface area contributed by atoms with Crippen LogP contribution in [-0.2, 0) is 5.60 Å². The van der Waals surface area contributed by atoms with Crippen molar-refractivity contribution in [1.82, 2.24) is 19.6 Å². The molecule has 1 N–H and O–H groups in total. The van der Waals surface area contributed by atoms with E-state index in [1.54, 1.807) is 11.3 Å². The highest BCUT2D eigenvalue weighted by Crippen LogP contribution is 2.58. The van der Waals surface area contributed by atoms with E-state index < -0.39 is 5.60 Å². The highest BCUT2D eigenvalue weighted by atomic mass is 32.1. The fourth-order valence-electron chi connectivity index (χ4n) is 4.80. The zero-order valence-electron chi connectivity index (χ0n) is 16.7. The zero-order chi connectivity index (χ0) is 21.1.